The maximum atomic E-state index is 12.9. The highest BCUT2D eigenvalue weighted by Gasteiger charge is 2.23. The lowest BCUT2D eigenvalue weighted by atomic mass is 9.98. The van der Waals surface area contributed by atoms with E-state index in [1.165, 1.54) is 0 Å². The molecule has 0 saturated heterocycles. The van der Waals surface area contributed by atoms with Crippen LogP contribution in [0.5, 0.6) is 17.2 Å². The third-order valence-corrected chi connectivity index (χ3v) is 5.24. The lowest BCUT2D eigenvalue weighted by Crippen LogP contribution is -2.24. The van der Waals surface area contributed by atoms with Crippen molar-refractivity contribution in [1.29, 1.82) is 0 Å². The van der Waals surface area contributed by atoms with Crippen molar-refractivity contribution in [3.05, 3.63) is 59.2 Å². The van der Waals surface area contributed by atoms with Gasteiger partial charge < -0.3 is 18.9 Å². The van der Waals surface area contributed by atoms with E-state index in [4.69, 9.17) is 18.9 Å². The molecule has 36 heavy (non-hydrogen) atoms. The number of carbonyl (C=O) groups excluding carboxylic acids is 2. The van der Waals surface area contributed by atoms with E-state index in [9.17, 15) is 9.59 Å². The van der Waals surface area contributed by atoms with Gasteiger partial charge in [0.1, 0.15) is 17.2 Å². The summed E-state index contributed by atoms with van der Waals surface area (Å²) in [5.74, 6) is 1.51. The summed E-state index contributed by atoms with van der Waals surface area (Å²) >= 11 is 0. The molecule has 6 nitrogen and oxygen atoms in total. The zero-order chi connectivity index (χ0) is 26.6. The summed E-state index contributed by atoms with van der Waals surface area (Å²) in [7, 11) is 0. The third kappa shape index (κ3) is 8.74. The minimum atomic E-state index is -0.592. The second kappa shape index (κ2) is 14.3. The molecule has 0 saturated carbocycles. The topological polar surface area (TPSA) is 71.1 Å². The van der Waals surface area contributed by atoms with E-state index >= 15 is 0 Å². The molecule has 0 aliphatic rings. The van der Waals surface area contributed by atoms with E-state index in [2.05, 4.69) is 26.8 Å². The maximum Gasteiger partial charge on any atom is 0.314 e. The molecule has 2 aromatic rings. The van der Waals surface area contributed by atoms with E-state index in [1.54, 1.807) is 57.2 Å². The lowest BCUT2D eigenvalue weighted by molar-refractivity contribution is -0.159. The predicted molar refractivity (Wildman–Crippen MR) is 143 cm³/mol. The first kappa shape index (κ1) is 29.0. The van der Waals surface area contributed by atoms with E-state index in [0.29, 0.717) is 30.3 Å². The van der Waals surface area contributed by atoms with Crippen LogP contribution < -0.4 is 14.2 Å². The highest BCUT2D eigenvalue weighted by Crippen LogP contribution is 2.35. The SMILES string of the molecule is CCCOc1ccc(CCC)c(OCCC)c1/C=C/C(=O)c1ccc(OCOC(=O)C(C)(C)C)cc1. The number of hydrogen-bond acceptors (Lipinski definition) is 6. The summed E-state index contributed by atoms with van der Waals surface area (Å²) in [5.41, 5.74) is 1.82. The first-order valence-electron chi connectivity index (χ1n) is 12.7. The monoisotopic (exact) mass is 496 g/mol. The Morgan fingerprint density at radius 3 is 2.11 bits per heavy atom. The van der Waals surface area contributed by atoms with Crippen LogP contribution in [0.15, 0.2) is 42.5 Å². The summed E-state index contributed by atoms with van der Waals surface area (Å²) in [4.78, 5) is 24.8. The quantitative estimate of drug-likeness (QED) is 0.121. The Morgan fingerprint density at radius 2 is 1.50 bits per heavy atom. The highest BCUT2D eigenvalue weighted by atomic mass is 16.7. The average Bonchev–Trinajstić information content (AvgIpc) is 2.85. The van der Waals surface area contributed by atoms with Gasteiger partial charge in [0, 0.05) is 5.56 Å². The molecular formula is C30H40O6. The van der Waals surface area contributed by atoms with Crippen molar-refractivity contribution >= 4 is 17.8 Å². The molecule has 0 heterocycles. The smallest absolute Gasteiger partial charge is 0.314 e. The minimum Gasteiger partial charge on any atom is -0.493 e. The highest BCUT2D eigenvalue weighted by molar-refractivity contribution is 6.07. The molecule has 0 radical (unpaired) electrons. The molecule has 6 heteroatoms. The molecule has 2 aromatic carbocycles. The lowest BCUT2D eigenvalue weighted by Gasteiger charge is -2.17. The molecule has 0 aliphatic heterocycles. The summed E-state index contributed by atoms with van der Waals surface area (Å²) in [6.45, 7) is 12.6. The fourth-order valence-corrected chi connectivity index (χ4v) is 3.30. The second-order valence-electron chi connectivity index (χ2n) is 9.58. The van der Waals surface area contributed by atoms with Gasteiger partial charge in [-0.3, -0.25) is 9.59 Å². The predicted octanol–water partition coefficient (Wildman–Crippen LogP) is 7.04. The zero-order valence-corrected chi connectivity index (χ0v) is 22.5. The van der Waals surface area contributed by atoms with E-state index in [1.807, 2.05) is 6.07 Å². The van der Waals surface area contributed by atoms with Crippen LogP contribution in [-0.2, 0) is 16.0 Å². The van der Waals surface area contributed by atoms with E-state index < -0.39 is 5.41 Å². The molecule has 0 bridgehead atoms. The van der Waals surface area contributed by atoms with Gasteiger partial charge in [-0.15, -0.1) is 0 Å². The minimum absolute atomic E-state index is 0.149. The zero-order valence-electron chi connectivity index (χ0n) is 22.5. The van der Waals surface area contributed by atoms with Gasteiger partial charge in [-0.1, -0.05) is 33.3 Å². The fraction of sp³-hybridized carbons (Fsp3) is 0.467. The number of ether oxygens (including phenoxy) is 4. The number of benzene rings is 2. The van der Waals surface area contributed by atoms with Gasteiger partial charge >= 0.3 is 5.97 Å². The van der Waals surface area contributed by atoms with Gasteiger partial charge in [0.15, 0.2) is 5.78 Å². The normalized spacial score (nSPS) is 11.4. The van der Waals surface area contributed by atoms with Crippen LogP contribution >= 0.6 is 0 Å². The molecule has 0 atom stereocenters. The molecule has 0 amide bonds. The van der Waals surface area contributed by atoms with Crippen molar-refractivity contribution in [2.24, 2.45) is 5.41 Å². The number of allylic oxidation sites excluding steroid dienone is 1. The van der Waals surface area contributed by atoms with Gasteiger partial charge in [0.05, 0.1) is 24.2 Å². The molecule has 0 aromatic heterocycles. The molecule has 0 N–H and O–H groups in total. The van der Waals surface area contributed by atoms with Crippen LogP contribution in [0.3, 0.4) is 0 Å². The standard InChI is InChI=1S/C30H40O6/c1-7-10-23-13-18-27(33-19-8-2)25(28(23)34-20-9-3)16-17-26(31)22-11-14-24(15-12-22)35-21-36-29(32)30(4,5)6/h11-18H,7-10,19-21H2,1-6H3/b17-16+. The van der Waals surface area contributed by atoms with Crippen molar-refractivity contribution in [2.45, 2.75) is 67.2 Å². The molecule has 196 valence electrons. The Labute approximate surface area is 215 Å². The summed E-state index contributed by atoms with van der Waals surface area (Å²) in [6.07, 6.45) is 6.97. The molecule has 0 spiro atoms. The largest absolute Gasteiger partial charge is 0.493 e. The Bertz CT molecular complexity index is 1010. The maximum absolute atomic E-state index is 12.9. The number of hydrogen-bond donors (Lipinski definition) is 0. The van der Waals surface area contributed by atoms with Crippen LogP contribution in [0.4, 0.5) is 0 Å². The Hall–Kier alpha value is -3.28. The fourth-order valence-electron chi connectivity index (χ4n) is 3.30. The van der Waals surface area contributed by atoms with Gasteiger partial charge in [0.25, 0.3) is 0 Å². The first-order chi connectivity index (χ1) is 17.2. The van der Waals surface area contributed by atoms with Crippen molar-refractivity contribution < 1.29 is 28.5 Å². The Kier molecular flexibility index (Phi) is 11.5. The number of carbonyl (C=O) groups is 2. The van der Waals surface area contributed by atoms with Gasteiger partial charge in [0.2, 0.25) is 6.79 Å². The summed E-state index contributed by atoms with van der Waals surface area (Å²) in [6, 6.07) is 10.7. The number of rotatable bonds is 14. The van der Waals surface area contributed by atoms with Gasteiger partial charge in [-0.25, -0.2) is 0 Å². The molecular weight excluding hydrogens is 456 g/mol. The molecule has 0 aliphatic carbocycles. The van der Waals surface area contributed by atoms with Crippen LogP contribution in [0.1, 0.15) is 82.3 Å². The van der Waals surface area contributed by atoms with E-state index in [-0.39, 0.29) is 18.5 Å². The second-order valence-corrected chi connectivity index (χ2v) is 9.58. The summed E-state index contributed by atoms with van der Waals surface area (Å²) in [5, 5.41) is 0. The van der Waals surface area contributed by atoms with Gasteiger partial charge in [-0.05, 0) is 88.1 Å². The van der Waals surface area contributed by atoms with Crippen molar-refractivity contribution in [3.8, 4) is 17.2 Å². The molecule has 0 unspecified atom stereocenters. The first-order valence-corrected chi connectivity index (χ1v) is 12.7. The third-order valence-electron chi connectivity index (χ3n) is 5.24. The van der Waals surface area contributed by atoms with Crippen LogP contribution in [0, 0.1) is 5.41 Å². The molecule has 2 rings (SSSR count). The van der Waals surface area contributed by atoms with Crippen molar-refractivity contribution in [2.75, 3.05) is 20.0 Å². The van der Waals surface area contributed by atoms with Crippen molar-refractivity contribution in [1.82, 2.24) is 0 Å². The Balaban J connectivity index is 2.19. The Morgan fingerprint density at radius 1 is 0.833 bits per heavy atom. The number of aryl methyl sites for hydroxylation is 1. The number of ketones is 1. The summed E-state index contributed by atoms with van der Waals surface area (Å²) < 4.78 is 22.7. The van der Waals surface area contributed by atoms with E-state index in [0.717, 1.165) is 42.6 Å². The molecule has 0 fully saturated rings. The van der Waals surface area contributed by atoms with Gasteiger partial charge in [-0.2, -0.15) is 0 Å². The van der Waals surface area contributed by atoms with Crippen LogP contribution in [0.25, 0.3) is 6.08 Å². The van der Waals surface area contributed by atoms with Crippen LogP contribution in [0.2, 0.25) is 0 Å². The van der Waals surface area contributed by atoms with Crippen molar-refractivity contribution in [3.63, 3.8) is 0 Å². The average molecular weight is 497 g/mol. The number of esters is 1. The van der Waals surface area contributed by atoms with Crippen LogP contribution in [-0.4, -0.2) is 31.8 Å².